The van der Waals surface area contributed by atoms with E-state index in [0.717, 1.165) is 26.1 Å². The minimum Gasteiger partial charge on any atom is -0.393 e. The summed E-state index contributed by atoms with van der Waals surface area (Å²) >= 11 is 0. The van der Waals surface area contributed by atoms with Crippen molar-refractivity contribution in [2.75, 3.05) is 13.2 Å². The highest BCUT2D eigenvalue weighted by Crippen LogP contribution is 2.52. The highest BCUT2D eigenvalue weighted by molar-refractivity contribution is 4.97. The molecule has 3 nitrogen and oxygen atoms in total. The fraction of sp³-hybridized carbons (Fsp3) is 1.00. The van der Waals surface area contributed by atoms with E-state index in [-0.39, 0.29) is 12.4 Å². The standard InChI is InChI=1S/C12H20O3/c1-7-4-8-5-9(13)6-10(8)11(7)12-14-2-3-15-12/h7-13H,2-6H2,1H3. The number of hydrogen-bond acceptors (Lipinski definition) is 3. The summed E-state index contributed by atoms with van der Waals surface area (Å²) < 4.78 is 11.3. The average Bonchev–Trinajstić information content (AvgIpc) is 2.80. The van der Waals surface area contributed by atoms with Crippen LogP contribution in [0.5, 0.6) is 0 Å². The van der Waals surface area contributed by atoms with E-state index in [1.807, 2.05) is 0 Å². The van der Waals surface area contributed by atoms with Crippen LogP contribution in [0.2, 0.25) is 0 Å². The summed E-state index contributed by atoms with van der Waals surface area (Å²) in [5.74, 6) is 2.57. The van der Waals surface area contributed by atoms with E-state index in [2.05, 4.69) is 6.92 Å². The first kappa shape index (κ1) is 10.1. The molecule has 15 heavy (non-hydrogen) atoms. The predicted octanol–water partition coefficient (Wildman–Crippen LogP) is 1.40. The van der Waals surface area contributed by atoms with Crippen LogP contribution in [0.1, 0.15) is 26.2 Å². The molecule has 1 N–H and O–H groups in total. The smallest absolute Gasteiger partial charge is 0.161 e. The lowest BCUT2D eigenvalue weighted by molar-refractivity contribution is -0.106. The molecule has 0 amide bonds. The first-order chi connectivity index (χ1) is 7.25. The second-order valence-electron chi connectivity index (χ2n) is 5.45. The SMILES string of the molecule is CC1CC2CC(O)CC2C1C1OCCO1. The van der Waals surface area contributed by atoms with Crippen LogP contribution in [0.25, 0.3) is 0 Å². The second-order valence-corrected chi connectivity index (χ2v) is 5.45. The van der Waals surface area contributed by atoms with Crippen LogP contribution in [0, 0.1) is 23.7 Å². The maximum atomic E-state index is 9.70. The van der Waals surface area contributed by atoms with E-state index in [1.165, 1.54) is 6.42 Å². The van der Waals surface area contributed by atoms with Gasteiger partial charge in [0.2, 0.25) is 0 Å². The van der Waals surface area contributed by atoms with E-state index in [9.17, 15) is 5.11 Å². The Labute approximate surface area is 90.8 Å². The lowest BCUT2D eigenvalue weighted by Gasteiger charge is -2.26. The van der Waals surface area contributed by atoms with Crippen molar-refractivity contribution < 1.29 is 14.6 Å². The average molecular weight is 212 g/mol. The van der Waals surface area contributed by atoms with Crippen LogP contribution >= 0.6 is 0 Å². The van der Waals surface area contributed by atoms with Gasteiger partial charge in [-0.3, -0.25) is 0 Å². The Balaban J connectivity index is 1.75. The van der Waals surface area contributed by atoms with E-state index in [1.54, 1.807) is 0 Å². The maximum Gasteiger partial charge on any atom is 0.161 e. The lowest BCUT2D eigenvalue weighted by Crippen LogP contribution is -2.29. The van der Waals surface area contributed by atoms with Gasteiger partial charge in [-0.15, -0.1) is 0 Å². The molecule has 1 aliphatic heterocycles. The van der Waals surface area contributed by atoms with Crippen LogP contribution in [0.15, 0.2) is 0 Å². The predicted molar refractivity (Wildman–Crippen MR) is 55.2 cm³/mol. The number of aliphatic hydroxyl groups excluding tert-OH is 1. The fourth-order valence-corrected chi connectivity index (χ4v) is 4.00. The van der Waals surface area contributed by atoms with Crippen molar-refractivity contribution in [1.29, 1.82) is 0 Å². The number of ether oxygens (including phenoxy) is 2. The van der Waals surface area contributed by atoms with Crippen molar-refractivity contribution >= 4 is 0 Å². The Bertz CT molecular complexity index is 237. The molecule has 5 unspecified atom stereocenters. The maximum absolute atomic E-state index is 9.70. The highest BCUT2D eigenvalue weighted by Gasteiger charge is 2.50. The zero-order valence-corrected chi connectivity index (χ0v) is 9.26. The van der Waals surface area contributed by atoms with Gasteiger partial charge in [-0.25, -0.2) is 0 Å². The molecule has 0 bridgehead atoms. The summed E-state index contributed by atoms with van der Waals surface area (Å²) in [5.41, 5.74) is 0. The molecule has 0 radical (unpaired) electrons. The quantitative estimate of drug-likeness (QED) is 0.714. The van der Waals surface area contributed by atoms with Crippen LogP contribution < -0.4 is 0 Å². The van der Waals surface area contributed by atoms with Crippen molar-refractivity contribution in [2.24, 2.45) is 23.7 Å². The van der Waals surface area contributed by atoms with Gasteiger partial charge in [-0.05, 0) is 37.0 Å². The van der Waals surface area contributed by atoms with Crippen LogP contribution in [-0.2, 0) is 9.47 Å². The van der Waals surface area contributed by atoms with Gasteiger partial charge in [-0.1, -0.05) is 6.92 Å². The summed E-state index contributed by atoms with van der Waals surface area (Å²) in [7, 11) is 0. The first-order valence-corrected chi connectivity index (χ1v) is 6.17. The third-order valence-corrected chi connectivity index (χ3v) is 4.51. The van der Waals surface area contributed by atoms with Gasteiger partial charge in [0.25, 0.3) is 0 Å². The van der Waals surface area contributed by atoms with Gasteiger partial charge in [0.1, 0.15) is 0 Å². The largest absolute Gasteiger partial charge is 0.393 e. The Morgan fingerprint density at radius 2 is 1.80 bits per heavy atom. The molecule has 3 rings (SSSR count). The summed E-state index contributed by atoms with van der Waals surface area (Å²) in [6.07, 6.45) is 3.15. The van der Waals surface area contributed by atoms with Gasteiger partial charge in [-0.2, -0.15) is 0 Å². The highest BCUT2D eigenvalue weighted by atomic mass is 16.7. The molecule has 2 aliphatic carbocycles. The molecule has 3 heteroatoms. The number of aliphatic hydroxyl groups is 1. The van der Waals surface area contributed by atoms with Crippen molar-refractivity contribution in [2.45, 2.75) is 38.6 Å². The van der Waals surface area contributed by atoms with E-state index < -0.39 is 0 Å². The van der Waals surface area contributed by atoms with Gasteiger partial charge < -0.3 is 14.6 Å². The minimum absolute atomic E-state index is 0.0142. The van der Waals surface area contributed by atoms with Crippen LogP contribution in [-0.4, -0.2) is 30.7 Å². The van der Waals surface area contributed by atoms with Gasteiger partial charge in [0.05, 0.1) is 19.3 Å². The molecule has 3 aliphatic rings. The molecule has 0 aromatic carbocycles. The molecular weight excluding hydrogens is 192 g/mol. The molecule has 1 saturated heterocycles. The molecule has 1 heterocycles. The van der Waals surface area contributed by atoms with Crippen LogP contribution in [0.3, 0.4) is 0 Å². The topological polar surface area (TPSA) is 38.7 Å². The van der Waals surface area contributed by atoms with Crippen molar-refractivity contribution in [3.05, 3.63) is 0 Å². The molecule has 0 aromatic heterocycles. The minimum atomic E-state index is -0.0728. The van der Waals surface area contributed by atoms with Crippen molar-refractivity contribution in [1.82, 2.24) is 0 Å². The fourth-order valence-electron chi connectivity index (χ4n) is 4.00. The molecule has 3 fully saturated rings. The van der Waals surface area contributed by atoms with Gasteiger partial charge in [0, 0.05) is 5.92 Å². The zero-order chi connectivity index (χ0) is 10.4. The molecule has 0 aromatic rings. The zero-order valence-electron chi connectivity index (χ0n) is 9.26. The van der Waals surface area contributed by atoms with Crippen molar-refractivity contribution in [3.8, 4) is 0 Å². The first-order valence-electron chi connectivity index (χ1n) is 6.17. The van der Waals surface area contributed by atoms with E-state index in [0.29, 0.717) is 23.7 Å². The van der Waals surface area contributed by atoms with Gasteiger partial charge >= 0.3 is 0 Å². The van der Waals surface area contributed by atoms with E-state index in [4.69, 9.17) is 9.47 Å². The second kappa shape index (κ2) is 3.72. The van der Waals surface area contributed by atoms with E-state index >= 15 is 0 Å². The third-order valence-electron chi connectivity index (χ3n) is 4.51. The number of rotatable bonds is 1. The summed E-state index contributed by atoms with van der Waals surface area (Å²) in [6, 6.07) is 0. The summed E-state index contributed by atoms with van der Waals surface area (Å²) in [6.45, 7) is 3.79. The summed E-state index contributed by atoms with van der Waals surface area (Å²) in [5, 5.41) is 9.70. The number of hydrogen-bond donors (Lipinski definition) is 1. The molecular formula is C12H20O3. The Kier molecular flexibility index (Phi) is 2.49. The lowest BCUT2D eigenvalue weighted by atomic mass is 9.88. The van der Waals surface area contributed by atoms with Crippen LogP contribution in [0.4, 0.5) is 0 Å². The number of fused-ring (bicyclic) bond motifs is 1. The van der Waals surface area contributed by atoms with Crippen molar-refractivity contribution in [3.63, 3.8) is 0 Å². The molecule has 2 saturated carbocycles. The Hall–Kier alpha value is -0.120. The normalized spacial score (nSPS) is 51.2. The van der Waals surface area contributed by atoms with Gasteiger partial charge in [0.15, 0.2) is 6.29 Å². The third kappa shape index (κ3) is 1.61. The molecule has 5 atom stereocenters. The monoisotopic (exact) mass is 212 g/mol. The molecule has 86 valence electrons. The summed E-state index contributed by atoms with van der Waals surface area (Å²) in [4.78, 5) is 0. The Morgan fingerprint density at radius 1 is 1.07 bits per heavy atom. The molecule has 0 spiro atoms. The Morgan fingerprint density at radius 3 is 2.53 bits per heavy atom.